The van der Waals surface area contributed by atoms with Crippen LogP contribution in [0.3, 0.4) is 0 Å². The SMILES string of the molecule is CCCCN1C(=O)c2ccccc2N2C(=O)CCC12C(=O)Nc1nccs1. The number of unbranched alkanes of at least 4 members (excludes halogenated alkanes) is 1. The largest absolute Gasteiger partial charge is 0.307 e. The molecule has 2 aliphatic heterocycles. The van der Waals surface area contributed by atoms with Crippen molar-refractivity contribution in [3.63, 3.8) is 0 Å². The van der Waals surface area contributed by atoms with Gasteiger partial charge in [0, 0.05) is 31.0 Å². The molecule has 7 nitrogen and oxygen atoms in total. The van der Waals surface area contributed by atoms with E-state index in [1.165, 1.54) is 16.2 Å². The van der Waals surface area contributed by atoms with Gasteiger partial charge in [0.2, 0.25) is 11.6 Å². The third-order valence-electron chi connectivity index (χ3n) is 5.13. The highest BCUT2D eigenvalue weighted by atomic mass is 32.1. The van der Waals surface area contributed by atoms with Crippen LogP contribution in [0.4, 0.5) is 10.8 Å². The molecule has 1 saturated heterocycles. The number of carbonyl (C=O) groups excluding carboxylic acids is 3. The molecule has 1 N–H and O–H groups in total. The number of nitrogens with zero attached hydrogens (tertiary/aromatic N) is 3. The number of fused-ring (bicyclic) bond motifs is 3. The Labute approximate surface area is 161 Å². The third-order valence-corrected chi connectivity index (χ3v) is 5.81. The first-order valence-electron chi connectivity index (χ1n) is 9.04. The number of carbonyl (C=O) groups is 3. The molecule has 8 heteroatoms. The maximum atomic E-state index is 13.4. The Hall–Kier alpha value is -2.74. The second kappa shape index (κ2) is 6.77. The standard InChI is InChI=1S/C19H20N4O3S/c1-2-3-11-22-16(25)13-6-4-5-7-14(13)23-15(24)8-9-19(22,23)17(26)21-18-20-10-12-27-18/h4-7,10,12H,2-3,8-9,11H2,1H3,(H,20,21,26). The molecule has 1 fully saturated rings. The number of nitrogens with one attached hydrogen (secondary N) is 1. The van der Waals surface area contributed by atoms with Gasteiger partial charge in [0.15, 0.2) is 5.13 Å². The van der Waals surface area contributed by atoms with E-state index in [0.29, 0.717) is 22.9 Å². The normalized spacial score (nSPS) is 21.2. The van der Waals surface area contributed by atoms with Crippen LogP contribution < -0.4 is 10.2 Å². The number of para-hydroxylation sites is 1. The Kier molecular flexibility index (Phi) is 4.43. The van der Waals surface area contributed by atoms with E-state index in [1.807, 2.05) is 6.92 Å². The van der Waals surface area contributed by atoms with Crippen molar-refractivity contribution in [2.75, 3.05) is 16.8 Å². The number of hydrogen-bond acceptors (Lipinski definition) is 5. The van der Waals surface area contributed by atoms with Gasteiger partial charge in [-0.2, -0.15) is 0 Å². The fourth-order valence-corrected chi connectivity index (χ4v) is 4.41. The summed E-state index contributed by atoms with van der Waals surface area (Å²) in [5.74, 6) is -0.743. The molecule has 0 radical (unpaired) electrons. The zero-order valence-corrected chi connectivity index (χ0v) is 15.8. The summed E-state index contributed by atoms with van der Waals surface area (Å²) in [5.41, 5.74) is -0.378. The summed E-state index contributed by atoms with van der Waals surface area (Å²) in [6.45, 7) is 2.45. The minimum Gasteiger partial charge on any atom is -0.307 e. The Morgan fingerprint density at radius 1 is 1.33 bits per heavy atom. The smallest absolute Gasteiger partial charge is 0.273 e. The molecule has 3 amide bonds. The lowest BCUT2D eigenvalue weighted by molar-refractivity contribution is -0.129. The summed E-state index contributed by atoms with van der Waals surface area (Å²) in [7, 11) is 0. The Balaban J connectivity index is 1.85. The van der Waals surface area contributed by atoms with Gasteiger partial charge in [0.25, 0.3) is 11.8 Å². The van der Waals surface area contributed by atoms with Crippen LogP contribution in [-0.4, -0.2) is 39.8 Å². The van der Waals surface area contributed by atoms with Crippen molar-refractivity contribution in [1.82, 2.24) is 9.88 Å². The van der Waals surface area contributed by atoms with Crippen LogP contribution >= 0.6 is 11.3 Å². The summed E-state index contributed by atoms with van der Waals surface area (Å²) in [6.07, 6.45) is 3.72. The number of rotatable bonds is 5. The van der Waals surface area contributed by atoms with Crippen LogP contribution in [0.1, 0.15) is 43.0 Å². The van der Waals surface area contributed by atoms with Gasteiger partial charge in [-0.3, -0.25) is 24.6 Å². The number of benzene rings is 1. The first-order chi connectivity index (χ1) is 13.1. The van der Waals surface area contributed by atoms with Crippen LogP contribution in [0.15, 0.2) is 35.8 Å². The predicted molar refractivity (Wildman–Crippen MR) is 103 cm³/mol. The fraction of sp³-hybridized carbons (Fsp3) is 0.368. The highest BCUT2D eigenvalue weighted by Crippen LogP contribution is 2.45. The van der Waals surface area contributed by atoms with Gasteiger partial charge in [-0.05, 0) is 18.6 Å². The van der Waals surface area contributed by atoms with Crippen molar-refractivity contribution in [2.45, 2.75) is 38.3 Å². The number of amides is 3. The minimum absolute atomic E-state index is 0.147. The van der Waals surface area contributed by atoms with Crippen molar-refractivity contribution in [1.29, 1.82) is 0 Å². The Bertz CT molecular complexity index is 898. The molecular formula is C19H20N4O3S. The molecule has 0 bridgehead atoms. The second-order valence-corrected chi connectivity index (χ2v) is 7.56. The third kappa shape index (κ3) is 2.63. The molecule has 2 aromatic rings. The van der Waals surface area contributed by atoms with Crippen LogP contribution in [0, 0.1) is 0 Å². The molecule has 0 aliphatic carbocycles. The molecule has 3 heterocycles. The van der Waals surface area contributed by atoms with E-state index in [9.17, 15) is 14.4 Å². The first-order valence-corrected chi connectivity index (χ1v) is 9.92. The van der Waals surface area contributed by atoms with Crippen LogP contribution in [0.25, 0.3) is 0 Å². The maximum absolute atomic E-state index is 13.4. The zero-order valence-electron chi connectivity index (χ0n) is 15.0. The number of anilines is 2. The van der Waals surface area contributed by atoms with Crippen LogP contribution in [0.5, 0.6) is 0 Å². The lowest BCUT2D eigenvalue weighted by Crippen LogP contribution is -2.69. The molecule has 1 aromatic heterocycles. The highest BCUT2D eigenvalue weighted by molar-refractivity contribution is 7.13. The number of hydrogen-bond donors (Lipinski definition) is 1. The first kappa shape index (κ1) is 17.7. The zero-order chi connectivity index (χ0) is 19.0. The molecule has 1 aromatic carbocycles. The van der Waals surface area contributed by atoms with Crippen molar-refractivity contribution < 1.29 is 14.4 Å². The minimum atomic E-state index is -1.34. The Morgan fingerprint density at radius 2 is 2.15 bits per heavy atom. The van der Waals surface area contributed by atoms with E-state index in [2.05, 4.69) is 10.3 Å². The molecular weight excluding hydrogens is 364 g/mol. The monoisotopic (exact) mass is 384 g/mol. The molecule has 1 atom stereocenters. The Morgan fingerprint density at radius 3 is 2.89 bits per heavy atom. The van der Waals surface area contributed by atoms with Gasteiger partial charge in [-0.25, -0.2) is 4.98 Å². The highest BCUT2D eigenvalue weighted by Gasteiger charge is 2.60. The summed E-state index contributed by atoms with van der Waals surface area (Å²) in [5, 5.41) is 5.03. The molecule has 0 spiro atoms. The van der Waals surface area contributed by atoms with E-state index in [4.69, 9.17) is 0 Å². The average Bonchev–Trinajstić information content (AvgIpc) is 3.30. The van der Waals surface area contributed by atoms with E-state index in [-0.39, 0.29) is 30.6 Å². The maximum Gasteiger partial charge on any atom is 0.273 e. The van der Waals surface area contributed by atoms with Gasteiger partial charge in [-0.1, -0.05) is 25.5 Å². The fourth-order valence-electron chi connectivity index (χ4n) is 3.89. The van der Waals surface area contributed by atoms with E-state index >= 15 is 0 Å². The van der Waals surface area contributed by atoms with Gasteiger partial charge in [0.1, 0.15) is 0 Å². The quantitative estimate of drug-likeness (QED) is 0.859. The topological polar surface area (TPSA) is 82.6 Å². The van der Waals surface area contributed by atoms with E-state index in [0.717, 1.165) is 12.8 Å². The van der Waals surface area contributed by atoms with Gasteiger partial charge in [-0.15, -0.1) is 11.3 Å². The molecule has 0 saturated carbocycles. The lowest BCUT2D eigenvalue weighted by Gasteiger charge is -2.49. The van der Waals surface area contributed by atoms with Gasteiger partial charge in [0.05, 0.1) is 11.3 Å². The molecule has 140 valence electrons. The predicted octanol–water partition coefficient (Wildman–Crippen LogP) is 2.86. The molecule has 1 unspecified atom stereocenters. The second-order valence-electron chi connectivity index (χ2n) is 6.66. The van der Waals surface area contributed by atoms with Crippen LogP contribution in [-0.2, 0) is 9.59 Å². The summed E-state index contributed by atoms with van der Waals surface area (Å²) < 4.78 is 0. The van der Waals surface area contributed by atoms with Gasteiger partial charge >= 0.3 is 0 Å². The van der Waals surface area contributed by atoms with E-state index in [1.54, 1.807) is 40.7 Å². The van der Waals surface area contributed by atoms with Gasteiger partial charge < -0.3 is 4.90 Å². The van der Waals surface area contributed by atoms with E-state index < -0.39 is 5.66 Å². The molecule has 4 rings (SSSR count). The summed E-state index contributed by atoms with van der Waals surface area (Å²) in [4.78, 5) is 46.7. The van der Waals surface area contributed by atoms with Crippen LogP contribution in [0.2, 0.25) is 0 Å². The summed E-state index contributed by atoms with van der Waals surface area (Å²) >= 11 is 1.30. The molecule has 2 aliphatic rings. The van der Waals surface area contributed by atoms with Crippen molar-refractivity contribution in [3.05, 3.63) is 41.4 Å². The number of aromatic nitrogens is 1. The average molecular weight is 384 g/mol. The number of thiazole rings is 1. The lowest BCUT2D eigenvalue weighted by atomic mass is 9.95. The van der Waals surface area contributed by atoms with Crippen molar-refractivity contribution >= 4 is 39.9 Å². The summed E-state index contributed by atoms with van der Waals surface area (Å²) in [6, 6.07) is 7.00. The van der Waals surface area contributed by atoms with Crippen molar-refractivity contribution in [2.24, 2.45) is 0 Å². The van der Waals surface area contributed by atoms with Crippen molar-refractivity contribution in [3.8, 4) is 0 Å². The molecule has 27 heavy (non-hydrogen) atoms.